The third-order valence-electron chi connectivity index (χ3n) is 3.74. The van der Waals surface area contributed by atoms with Crippen LogP contribution in [0.1, 0.15) is 28.8 Å². The van der Waals surface area contributed by atoms with E-state index in [1.165, 1.54) is 0 Å². The summed E-state index contributed by atoms with van der Waals surface area (Å²) in [6.45, 7) is 6.06. The second-order valence-electron chi connectivity index (χ2n) is 5.32. The van der Waals surface area contributed by atoms with Crippen molar-refractivity contribution in [3.8, 4) is 0 Å². The summed E-state index contributed by atoms with van der Waals surface area (Å²) in [7, 11) is 0. The fourth-order valence-corrected chi connectivity index (χ4v) is 2.38. The van der Waals surface area contributed by atoms with Gasteiger partial charge in [0.15, 0.2) is 0 Å². The van der Waals surface area contributed by atoms with Crippen molar-refractivity contribution < 1.29 is 9.53 Å². The first kappa shape index (κ1) is 15.9. The summed E-state index contributed by atoms with van der Waals surface area (Å²) in [5.41, 5.74) is 7.27. The third kappa shape index (κ3) is 5.46. The Morgan fingerprint density at radius 1 is 1.19 bits per heavy atom. The summed E-state index contributed by atoms with van der Waals surface area (Å²) in [5.74, 6) is -0.00931. The lowest BCUT2D eigenvalue weighted by atomic mass is 10.1. The number of ether oxygens (including phenoxy) is 1. The maximum atomic E-state index is 11.9. The Morgan fingerprint density at radius 2 is 1.90 bits per heavy atom. The highest BCUT2D eigenvalue weighted by Gasteiger charge is 2.09. The van der Waals surface area contributed by atoms with Crippen LogP contribution < -0.4 is 11.1 Å². The van der Waals surface area contributed by atoms with E-state index < -0.39 is 0 Å². The highest BCUT2D eigenvalue weighted by molar-refractivity contribution is 5.94. The molecule has 0 unspecified atom stereocenters. The molecule has 3 N–H and O–H groups in total. The molecule has 1 aromatic rings. The molecular formula is C16H25N3O2. The van der Waals surface area contributed by atoms with E-state index >= 15 is 0 Å². The van der Waals surface area contributed by atoms with E-state index in [2.05, 4.69) is 10.2 Å². The van der Waals surface area contributed by atoms with Crippen LogP contribution in [-0.2, 0) is 11.3 Å². The van der Waals surface area contributed by atoms with Crippen molar-refractivity contribution in [2.75, 3.05) is 39.4 Å². The number of benzene rings is 1. The average Bonchev–Trinajstić information content (AvgIpc) is 2.55. The number of hydrogen-bond donors (Lipinski definition) is 2. The normalized spacial score (nSPS) is 15.9. The van der Waals surface area contributed by atoms with Crippen LogP contribution in [0.15, 0.2) is 24.3 Å². The molecule has 116 valence electrons. The van der Waals surface area contributed by atoms with E-state index in [4.69, 9.17) is 10.5 Å². The van der Waals surface area contributed by atoms with Crippen molar-refractivity contribution >= 4 is 5.91 Å². The van der Waals surface area contributed by atoms with Crippen LogP contribution in [0, 0.1) is 0 Å². The van der Waals surface area contributed by atoms with Crippen molar-refractivity contribution in [3.63, 3.8) is 0 Å². The maximum Gasteiger partial charge on any atom is 0.251 e. The highest BCUT2D eigenvalue weighted by Crippen LogP contribution is 2.04. The van der Waals surface area contributed by atoms with Crippen LogP contribution in [0.5, 0.6) is 0 Å². The number of unbranched alkanes of at least 4 members (excludes halogenated alkanes) is 1. The van der Waals surface area contributed by atoms with Gasteiger partial charge in [0.25, 0.3) is 5.91 Å². The first-order valence-electron chi connectivity index (χ1n) is 7.67. The number of carbonyl (C=O) groups is 1. The Hall–Kier alpha value is -1.43. The number of rotatable bonds is 7. The monoisotopic (exact) mass is 291 g/mol. The van der Waals surface area contributed by atoms with Gasteiger partial charge >= 0.3 is 0 Å². The minimum Gasteiger partial charge on any atom is -0.379 e. The van der Waals surface area contributed by atoms with Crippen LogP contribution in [0.4, 0.5) is 0 Å². The molecule has 5 nitrogen and oxygen atoms in total. The van der Waals surface area contributed by atoms with Gasteiger partial charge in [0.1, 0.15) is 0 Å². The smallest absolute Gasteiger partial charge is 0.251 e. The molecule has 1 fully saturated rings. The molecule has 1 aliphatic rings. The number of hydrogen-bond acceptors (Lipinski definition) is 4. The summed E-state index contributed by atoms with van der Waals surface area (Å²) in [6, 6.07) is 7.44. The lowest BCUT2D eigenvalue weighted by Gasteiger charge is -2.26. The number of nitrogens with two attached hydrogens (primary N) is 1. The Kier molecular flexibility index (Phi) is 6.66. The quantitative estimate of drug-likeness (QED) is 0.735. The molecular weight excluding hydrogens is 266 g/mol. The maximum absolute atomic E-state index is 11.9. The zero-order valence-electron chi connectivity index (χ0n) is 12.5. The van der Waals surface area contributed by atoms with Crippen LogP contribution >= 0.6 is 0 Å². The van der Waals surface area contributed by atoms with Crippen molar-refractivity contribution in [2.24, 2.45) is 5.73 Å². The molecule has 0 atom stereocenters. The number of nitrogens with zero attached hydrogens (tertiary/aromatic N) is 1. The van der Waals surface area contributed by atoms with Gasteiger partial charge in [0.2, 0.25) is 0 Å². The Labute approximate surface area is 126 Å². The van der Waals surface area contributed by atoms with Gasteiger partial charge in [-0.3, -0.25) is 9.69 Å². The van der Waals surface area contributed by atoms with Gasteiger partial charge in [-0.15, -0.1) is 0 Å². The lowest BCUT2D eigenvalue weighted by molar-refractivity contribution is 0.0372. The molecule has 1 saturated heterocycles. The van der Waals surface area contributed by atoms with Gasteiger partial charge in [0.05, 0.1) is 13.2 Å². The predicted molar refractivity (Wildman–Crippen MR) is 83.2 cm³/mol. The van der Waals surface area contributed by atoms with E-state index in [0.717, 1.165) is 57.8 Å². The minimum atomic E-state index is -0.00931. The Balaban J connectivity index is 1.60. The molecule has 0 bridgehead atoms. The molecule has 0 saturated carbocycles. The third-order valence-corrected chi connectivity index (χ3v) is 3.74. The molecule has 0 aliphatic carbocycles. The van der Waals surface area contributed by atoms with Gasteiger partial charge in [-0.25, -0.2) is 0 Å². The summed E-state index contributed by atoms with van der Waals surface area (Å²) >= 11 is 0. The van der Waals surface area contributed by atoms with Crippen molar-refractivity contribution in [3.05, 3.63) is 35.4 Å². The number of carbonyl (C=O) groups excluding carboxylic acids is 1. The van der Waals surface area contributed by atoms with E-state index in [1.807, 2.05) is 24.3 Å². The number of nitrogens with one attached hydrogen (secondary N) is 1. The fraction of sp³-hybridized carbons (Fsp3) is 0.562. The van der Waals surface area contributed by atoms with Crippen LogP contribution in [0.25, 0.3) is 0 Å². The summed E-state index contributed by atoms with van der Waals surface area (Å²) in [6.07, 6.45) is 2.11. The lowest BCUT2D eigenvalue weighted by Crippen LogP contribution is -2.37. The SMILES string of the molecule is NCc1ccc(C(=O)NCCCCN2CCOCC2)cc1. The van der Waals surface area contributed by atoms with E-state index in [0.29, 0.717) is 12.1 Å². The van der Waals surface area contributed by atoms with Crippen LogP contribution in [0.3, 0.4) is 0 Å². The molecule has 1 aliphatic heterocycles. The number of amides is 1. The van der Waals surface area contributed by atoms with Gasteiger partial charge in [-0.05, 0) is 37.1 Å². The fourth-order valence-electron chi connectivity index (χ4n) is 2.38. The summed E-state index contributed by atoms with van der Waals surface area (Å²) in [5, 5.41) is 2.96. The molecule has 0 radical (unpaired) electrons. The van der Waals surface area contributed by atoms with Crippen LogP contribution in [-0.4, -0.2) is 50.2 Å². The molecule has 0 aromatic heterocycles. The van der Waals surface area contributed by atoms with Crippen LogP contribution in [0.2, 0.25) is 0 Å². The van der Waals surface area contributed by atoms with Crippen molar-refractivity contribution in [2.45, 2.75) is 19.4 Å². The molecule has 1 aromatic carbocycles. The molecule has 2 rings (SSSR count). The van der Waals surface area contributed by atoms with E-state index in [9.17, 15) is 4.79 Å². The minimum absolute atomic E-state index is 0.00931. The van der Waals surface area contributed by atoms with Crippen molar-refractivity contribution in [1.29, 1.82) is 0 Å². The van der Waals surface area contributed by atoms with Gasteiger partial charge in [0, 0.05) is 31.7 Å². The average molecular weight is 291 g/mol. The highest BCUT2D eigenvalue weighted by atomic mass is 16.5. The molecule has 1 heterocycles. The Bertz CT molecular complexity index is 428. The second kappa shape index (κ2) is 8.77. The first-order chi connectivity index (χ1) is 10.3. The molecule has 5 heteroatoms. The standard InChI is InChI=1S/C16H25N3O2/c17-13-14-3-5-15(6-4-14)16(20)18-7-1-2-8-19-9-11-21-12-10-19/h3-6H,1-2,7-13,17H2,(H,18,20). The van der Waals surface area contributed by atoms with Gasteiger partial charge in [-0.2, -0.15) is 0 Å². The van der Waals surface area contributed by atoms with E-state index in [1.54, 1.807) is 0 Å². The molecule has 21 heavy (non-hydrogen) atoms. The van der Waals surface area contributed by atoms with Crippen molar-refractivity contribution in [1.82, 2.24) is 10.2 Å². The van der Waals surface area contributed by atoms with E-state index in [-0.39, 0.29) is 5.91 Å². The molecule has 1 amide bonds. The summed E-state index contributed by atoms with van der Waals surface area (Å²) in [4.78, 5) is 14.4. The van der Waals surface area contributed by atoms with Gasteiger partial charge in [-0.1, -0.05) is 12.1 Å². The predicted octanol–water partition coefficient (Wildman–Crippen LogP) is 0.988. The topological polar surface area (TPSA) is 67.6 Å². The van der Waals surface area contributed by atoms with Gasteiger partial charge < -0.3 is 15.8 Å². The molecule has 0 spiro atoms. The largest absolute Gasteiger partial charge is 0.379 e. The summed E-state index contributed by atoms with van der Waals surface area (Å²) < 4.78 is 5.32. The second-order valence-corrected chi connectivity index (χ2v) is 5.32. The number of morpholine rings is 1. The first-order valence-corrected chi connectivity index (χ1v) is 7.67. The zero-order valence-corrected chi connectivity index (χ0v) is 12.5. The Morgan fingerprint density at radius 3 is 2.57 bits per heavy atom. The zero-order chi connectivity index (χ0) is 14.9.